The molecule has 0 aliphatic carbocycles. The number of aryl methyl sites for hydroxylation is 2. The Morgan fingerprint density at radius 2 is 1.35 bits per heavy atom. The summed E-state index contributed by atoms with van der Waals surface area (Å²) in [6, 6.07) is 14.9. The zero-order valence-electron chi connectivity index (χ0n) is 11.9. The quantitative estimate of drug-likeness (QED) is 0.803. The Kier molecular flexibility index (Phi) is 4.50. The van der Waals surface area contributed by atoms with Crippen LogP contribution in [0.1, 0.15) is 28.4 Å². The van der Waals surface area contributed by atoms with Gasteiger partial charge in [-0.25, -0.2) is 0 Å². The van der Waals surface area contributed by atoms with Gasteiger partial charge in [0.15, 0.2) is 5.78 Å². The summed E-state index contributed by atoms with van der Waals surface area (Å²) in [5.41, 5.74) is 2.83. The highest BCUT2D eigenvalue weighted by molar-refractivity contribution is 7.86. The first-order valence-electron chi connectivity index (χ1n) is 6.57. The lowest BCUT2D eigenvalue weighted by Gasteiger charge is -2.11. The minimum Gasteiger partial charge on any atom is -0.293 e. The van der Waals surface area contributed by atoms with E-state index in [1.165, 1.54) is 0 Å². The van der Waals surface area contributed by atoms with Gasteiger partial charge in [0.1, 0.15) is 0 Å². The third-order valence-corrected chi connectivity index (χ3v) is 4.87. The lowest BCUT2D eigenvalue weighted by atomic mass is 10.1. The van der Waals surface area contributed by atoms with Gasteiger partial charge in [-0.15, -0.1) is 0 Å². The highest BCUT2D eigenvalue weighted by atomic mass is 32.2. The number of hydrogen-bond donors (Lipinski definition) is 0. The second kappa shape index (κ2) is 6.14. The molecule has 20 heavy (non-hydrogen) atoms. The molecule has 0 saturated heterocycles. The number of benzene rings is 2. The Balaban J connectivity index is 2.20. The summed E-state index contributed by atoms with van der Waals surface area (Å²) in [6.07, 6.45) is 0. The highest BCUT2D eigenvalue weighted by Gasteiger charge is 2.22. The Bertz CT molecular complexity index is 570. The van der Waals surface area contributed by atoms with E-state index < -0.39 is 16.0 Å². The predicted octanol–water partition coefficient (Wildman–Crippen LogP) is 3.68. The van der Waals surface area contributed by atoms with Gasteiger partial charge in [-0.3, -0.25) is 9.00 Å². The van der Waals surface area contributed by atoms with Gasteiger partial charge in [0, 0.05) is 10.5 Å². The normalized spacial score (nSPS) is 13.8. The van der Waals surface area contributed by atoms with Crippen LogP contribution < -0.4 is 0 Å². The average molecular weight is 286 g/mol. The fourth-order valence-corrected chi connectivity index (χ4v) is 3.07. The molecule has 0 amide bonds. The molecule has 0 saturated carbocycles. The molecule has 2 rings (SSSR count). The third-order valence-electron chi connectivity index (χ3n) is 3.28. The van der Waals surface area contributed by atoms with Crippen LogP contribution in [0.3, 0.4) is 0 Å². The van der Waals surface area contributed by atoms with Crippen LogP contribution in [-0.2, 0) is 10.8 Å². The highest BCUT2D eigenvalue weighted by Crippen LogP contribution is 2.16. The van der Waals surface area contributed by atoms with E-state index in [4.69, 9.17) is 0 Å². The van der Waals surface area contributed by atoms with Crippen LogP contribution in [0.25, 0.3) is 0 Å². The number of carbonyl (C=O) groups is 1. The summed E-state index contributed by atoms with van der Waals surface area (Å²) in [6.45, 7) is 5.67. The summed E-state index contributed by atoms with van der Waals surface area (Å²) in [5, 5.41) is -0.541. The van der Waals surface area contributed by atoms with Gasteiger partial charge in [0.25, 0.3) is 0 Å². The molecule has 2 nitrogen and oxygen atoms in total. The molecule has 2 aromatic carbocycles. The van der Waals surface area contributed by atoms with E-state index in [0.29, 0.717) is 10.5 Å². The molecule has 0 radical (unpaired) electrons. The number of carbonyl (C=O) groups excluding carboxylic acids is 1. The minimum atomic E-state index is -1.32. The predicted molar refractivity (Wildman–Crippen MR) is 82.6 cm³/mol. The van der Waals surface area contributed by atoms with Crippen LogP contribution in [0.2, 0.25) is 0 Å². The molecular weight excluding hydrogens is 268 g/mol. The van der Waals surface area contributed by atoms with E-state index in [-0.39, 0.29) is 5.78 Å². The van der Waals surface area contributed by atoms with Crippen LogP contribution in [0.5, 0.6) is 0 Å². The van der Waals surface area contributed by atoms with E-state index in [1.807, 2.05) is 50.2 Å². The molecule has 2 aromatic rings. The maximum Gasteiger partial charge on any atom is 0.178 e. The number of ketones is 1. The van der Waals surface area contributed by atoms with E-state index in [9.17, 15) is 9.00 Å². The zero-order chi connectivity index (χ0) is 14.7. The molecule has 0 spiro atoms. The molecule has 0 bridgehead atoms. The van der Waals surface area contributed by atoms with E-state index >= 15 is 0 Å². The topological polar surface area (TPSA) is 34.1 Å². The van der Waals surface area contributed by atoms with Crippen molar-refractivity contribution in [2.75, 3.05) is 0 Å². The van der Waals surface area contributed by atoms with E-state index in [2.05, 4.69) is 0 Å². The maximum atomic E-state index is 12.4. The summed E-state index contributed by atoms with van der Waals surface area (Å²) >= 11 is 0. The third kappa shape index (κ3) is 3.23. The van der Waals surface area contributed by atoms with Crippen LogP contribution in [0, 0.1) is 13.8 Å². The Labute approximate surface area is 122 Å². The van der Waals surface area contributed by atoms with Crippen LogP contribution in [0.4, 0.5) is 0 Å². The van der Waals surface area contributed by atoms with E-state index in [0.717, 1.165) is 11.1 Å². The van der Waals surface area contributed by atoms with Crippen molar-refractivity contribution in [3.05, 3.63) is 65.2 Å². The van der Waals surface area contributed by atoms with Gasteiger partial charge in [-0.05, 0) is 32.9 Å². The van der Waals surface area contributed by atoms with E-state index in [1.54, 1.807) is 19.1 Å². The van der Waals surface area contributed by atoms with Crippen molar-refractivity contribution in [1.29, 1.82) is 0 Å². The van der Waals surface area contributed by atoms with Crippen LogP contribution in [0.15, 0.2) is 53.4 Å². The van der Waals surface area contributed by atoms with Crippen molar-refractivity contribution in [1.82, 2.24) is 0 Å². The van der Waals surface area contributed by atoms with Crippen LogP contribution >= 0.6 is 0 Å². The number of Topliss-reactive ketones (excluding diaryl/α,β-unsaturated/α-hetero) is 1. The molecule has 0 aliphatic rings. The molecular formula is C17H18O2S. The molecule has 0 fully saturated rings. The molecule has 0 aromatic heterocycles. The Hall–Kier alpha value is -1.74. The monoisotopic (exact) mass is 286 g/mol. The zero-order valence-corrected chi connectivity index (χ0v) is 12.7. The summed E-state index contributed by atoms with van der Waals surface area (Å²) in [7, 11) is -1.32. The van der Waals surface area contributed by atoms with Crippen molar-refractivity contribution >= 4 is 16.6 Å². The second-order valence-corrected chi connectivity index (χ2v) is 6.76. The van der Waals surface area contributed by atoms with Gasteiger partial charge < -0.3 is 0 Å². The number of hydrogen-bond acceptors (Lipinski definition) is 2. The van der Waals surface area contributed by atoms with Crippen molar-refractivity contribution in [3.8, 4) is 0 Å². The maximum absolute atomic E-state index is 12.4. The smallest absolute Gasteiger partial charge is 0.178 e. The first kappa shape index (κ1) is 14.7. The summed E-state index contributed by atoms with van der Waals surface area (Å²) in [5.74, 6) is -0.0797. The van der Waals surface area contributed by atoms with Crippen molar-refractivity contribution in [3.63, 3.8) is 0 Å². The Morgan fingerprint density at radius 3 is 1.85 bits per heavy atom. The second-order valence-electron chi connectivity index (χ2n) is 4.98. The van der Waals surface area contributed by atoms with Crippen LogP contribution in [-0.4, -0.2) is 15.2 Å². The fourth-order valence-electron chi connectivity index (χ4n) is 1.93. The molecule has 0 heterocycles. The molecule has 3 heteroatoms. The van der Waals surface area contributed by atoms with Gasteiger partial charge in [-0.2, -0.15) is 0 Å². The van der Waals surface area contributed by atoms with Gasteiger partial charge >= 0.3 is 0 Å². The average Bonchev–Trinajstić information content (AvgIpc) is 2.46. The van der Waals surface area contributed by atoms with Crippen molar-refractivity contribution < 1.29 is 9.00 Å². The largest absolute Gasteiger partial charge is 0.293 e. The Morgan fingerprint density at radius 1 is 0.900 bits per heavy atom. The first-order chi connectivity index (χ1) is 9.49. The lowest BCUT2D eigenvalue weighted by Crippen LogP contribution is -2.22. The molecule has 2 atom stereocenters. The first-order valence-corrected chi connectivity index (χ1v) is 7.78. The summed E-state index contributed by atoms with van der Waals surface area (Å²) < 4.78 is 12.4. The minimum absolute atomic E-state index is 0.0797. The molecule has 0 N–H and O–H groups in total. The van der Waals surface area contributed by atoms with Gasteiger partial charge in [0.05, 0.1) is 16.0 Å². The lowest BCUT2D eigenvalue weighted by molar-refractivity contribution is 0.0992. The van der Waals surface area contributed by atoms with Gasteiger partial charge in [-0.1, -0.05) is 47.5 Å². The molecule has 0 aliphatic heterocycles. The summed E-state index contributed by atoms with van der Waals surface area (Å²) in [4.78, 5) is 13.0. The SMILES string of the molecule is Cc1ccc(C(=O)C(C)S(=O)c2ccc(C)cc2)cc1. The van der Waals surface area contributed by atoms with Crippen molar-refractivity contribution in [2.45, 2.75) is 30.9 Å². The fraction of sp³-hybridized carbons (Fsp3) is 0.235. The number of rotatable bonds is 4. The van der Waals surface area contributed by atoms with Crippen molar-refractivity contribution in [2.24, 2.45) is 0 Å². The van der Waals surface area contributed by atoms with Gasteiger partial charge in [0.2, 0.25) is 0 Å². The molecule has 104 valence electrons. The molecule has 2 unspecified atom stereocenters. The standard InChI is InChI=1S/C17H18O2S/c1-12-4-8-15(9-5-12)17(18)14(3)20(19)16-10-6-13(2)7-11-16/h4-11,14H,1-3H3.